The third-order valence-electron chi connectivity index (χ3n) is 4.27. The Bertz CT molecular complexity index is 883. The summed E-state index contributed by atoms with van der Waals surface area (Å²) >= 11 is 1.42. The highest BCUT2D eigenvalue weighted by atomic mass is 32.1. The molecule has 0 fully saturated rings. The first-order valence-corrected chi connectivity index (χ1v) is 10.1. The molecule has 4 amide bonds. The van der Waals surface area contributed by atoms with Crippen LogP contribution < -0.4 is 22.1 Å². The van der Waals surface area contributed by atoms with Crippen molar-refractivity contribution in [3.63, 3.8) is 0 Å². The molecule has 0 radical (unpaired) electrons. The molecule has 0 aliphatic carbocycles. The highest BCUT2D eigenvalue weighted by Crippen LogP contribution is 2.13. The molecule has 2 rings (SSSR count). The van der Waals surface area contributed by atoms with Gasteiger partial charge in [-0.1, -0.05) is 18.2 Å². The summed E-state index contributed by atoms with van der Waals surface area (Å²) < 4.78 is 0. The fourth-order valence-electron chi connectivity index (χ4n) is 2.71. The fraction of sp³-hybridized carbons (Fsp3) is 0.300. The van der Waals surface area contributed by atoms with E-state index in [2.05, 4.69) is 10.6 Å². The van der Waals surface area contributed by atoms with Crippen LogP contribution in [0.25, 0.3) is 0 Å². The van der Waals surface area contributed by atoms with E-state index in [1.165, 1.54) is 23.5 Å². The van der Waals surface area contributed by atoms with Gasteiger partial charge in [0.1, 0.15) is 17.8 Å². The molecule has 10 heteroatoms. The standard InChI is InChI=1S/C20H24N4O5S/c21-17(26)7-8-18(27)23-16(11-14-2-1-9-30-14)20(29)24-15(19(22)28)10-12-3-5-13(25)6-4-12/h1-6,9,15-16,25H,7-8,10-11H2,(H2,21,26)(H2,22,28)(H,23,27)(H,24,29)/t15-,16?/m0/s1. The lowest BCUT2D eigenvalue weighted by molar-refractivity contribution is -0.131. The van der Waals surface area contributed by atoms with Gasteiger partial charge in [0.2, 0.25) is 23.6 Å². The maximum absolute atomic E-state index is 12.8. The van der Waals surface area contributed by atoms with Gasteiger partial charge in [0.05, 0.1) is 0 Å². The van der Waals surface area contributed by atoms with Crippen LogP contribution in [-0.4, -0.2) is 40.8 Å². The SMILES string of the molecule is NC(=O)CCC(=O)NC(Cc1cccs1)C(=O)N[C@@H](Cc1ccc(O)cc1)C(N)=O. The molecule has 0 spiro atoms. The average molecular weight is 433 g/mol. The number of hydrogen-bond acceptors (Lipinski definition) is 6. The molecule has 0 bridgehead atoms. The molecule has 30 heavy (non-hydrogen) atoms. The number of carbonyl (C=O) groups excluding carboxylic acids is 4. The lowest BCUT2D eigenvalue weighted by atomic mass is 10.0. The lowest BCUT2D eigenvalue weighted by Gasteiger charge is -2.22. The van der Waals surface area contributed by atoms with Gasteiger partial charge < -0.3 is 27.2 Å². The fourth-order valence-corrected chi connectivity index (χ4v) is 3.46. The van der Waals surface area contributed by atoms with E-state index in [1.807, 2.05) is 17.5 Å². The summed E-state index contributed by atoms with van der Waals surface area (Å²) in [5.41, 5.74) is 11.2. The summed E-state index contributed by atoms with van der Waals surface area (Å²) in [7, 11) is 0. The minimum absolute atomic E-state index is 0.0769. The molecule has 0 aliphatic heterocycles. The minimum atomic E-state index is -1.00. The zero-order chi connectivity index (χ0) is 22.1. The largest absolute Gasteiger partial charge is 0.508 e. The van der Waals surface area contributed by atoms with Crippen LogP contribution in [-0.2, 0) is 32.0 Å². The van der Waals surface area contributed by atoms with E-state index in [-0.39, 0.29) is 31.4 Å². The first-order valence-electron chi connectivity index (χ1n) is 9.22. The van der Waals surface area contributed by atoms with Gasteiger partial charge in [0.25, 0.3) is 0 Å². The summed E-state index contributed by atoms with van der Waals surface area (Å²) in [6, 6.07) is 7.85. The van der Waals surface area contributed by atoms with Crippen molar-refractivity contribution < 1.29 is 24.3 Å². The molecule has 1 aromatic heterocycles. The summed E-state index contributed by atoms with van der Waals surface area (Å²) in [5, 5.41) is 16.4. The van der Waals surface area contributed by atoms with Crippen LogP contribution in [0.5, 0.6) is 5.75 Å². The Kier molecular flexibility index (Phi) is 8.36. The van der Waals surface area contributed by atoms with Crippen molar-refractivity contribution in [2.45, 2.75) is 37.8 Å². The van der Waals surface area contributed by atoms with Gasteiger partial charge in [-0.05, 0) is 29.1 Å². The van der Waals surface area contributed by atoms with E-state index in [0.717, 1.165) is 4.88 Å². The highest BCUT2D eigenvalue weighted by Gasteiger charge is 2.26. The number of primary amides is 2. The average Bonchev–Trinajstić information content (AvgIpc) is 3.20. The number of rotatable bonds is 11. The number of nitrogens with one attached hydrogen (secondary N) is 2. The molecular formula is C20H24N4O5S. The van der Waals surface area contributed by atoms with E-state index in [0.29, 0.717) is 5.56 Å². The Morgan fingerprint density at radius 2 is 1.63 bits per heavy atom. The highest BCUT2D eigenvalue weighted by molar-refractivity contribution is 7.09. The van der Waals surface area contributed by atoms with E-state index in [4.69, 9.17) is 11.5 Å². The molecule has 2 atom stereocenters. The van der Waals surface area contributed by atoms with E-state index in [1.54, 1.807) is 12.1 Å². The number of phenols is 1. The van der Waals surface area contributed by atoms with Crippen molar-refractivity contribution in [1.29, 1.82) is 0 Å². The molecule has 0 saturated heterocycles. The van der Waals surface area contributed by atoms with Gasteiger partial charge in [0.15, 0.2) is 0 Å². The Labute approximate surface area is 177 Å². The summed E-state index contributed by atoms with van der Waals surface area (Å²) in [5.74, 6) is -2.34. The maximum atomic E-state index is 12.8. The normalized spacial score (nSPS) is 12.5. The minimum Gasteiger partial charge on any atom is -0.508 e. The number of hydrogen-bond donors (Lipinski definition) is 5. The smallest absolute Gasteiger partial charge is 0.243 e. The summed E-state index contributed by atoms with van der Waals surface area (Å²) in [6.45, 7) is 0. The van der Waals surface area contributed by atoms with Crippen LogP contribution >= 0.6 is 11.3 Å². The first-order chi connectivity index (χ1) is 14.2. The van der Waals surface area contributed by atoms with Crippen LogP contribution in [0.3, 0.4) is 0 Å². The number of phenolic OH excluding ortho intramolecular Hbond substituents is 1. The van der Waals surface area contributed by atoms with Crippen molar-refractivity contribution in [2.75, 3.05) is 0 Å². The van der Waals surface area contributed by atoms with Crippen LogP contribution in [0, 0.1) is 0 Å². The molecule has 1 unspecified atom stereocenters. The molecule has 1 aromatic carbocycles. The van der Waals surface area contributed by atoms with Gasteiger partial charge in [-0.2, -0.15) is 0 Å². The van der Waals surface area contributed by atoms with Gasteiger partial charge in [-0.15, -0.1) is 11.3 Å². The second kappa shape index (κ2) is 11.0. The maximum Gasteiger partial charge on any atom is 0.243 e. The number of thiophene rings is 1. The number of benzene rings is 1. The third kappa shape index (κ3) is 7.55. The predicted octanol–water partition coefficient (Wildman–Crippen LogP) is -0.0407. The summed E-state index contributed by atoms with van der Waals surface area (Å²) in [6.07, 6.45) is 0.0689. The number of aromatic hydroxyl groups is 1. The van der Waals surface area contributed by atoms with E-state index >= 15 is 0 Å². The summed E-state index contributed by atoms with van der Waals surface area (Å²) in [4.78, 5) is 48.6. The predicted molar refractivity (Wildman–Crippen MR) is 111 cm³/mol. The number of nitrogens with two attached hydrogens (primary N) is 2. The van der Waals surface area contributed by atoms with Crippen LogP contribution in [0.15, 0.2) is 41.8 Å². The van der Waals surface area contributed by atoms with Crippen molar-refractivity contribution in [1.82, 2.24) is 10.6 Å². The van der Waals surface area contributed by atoms with Gasteiger partial charge in [-0.3, -0.25) is 19.2 Å². The Hall–Kier alpha value is -3.40. The van der Waals surface area contributed by atoms with Gasteiger partial charge in [-0.25, -0.2) is 0 Å². The van der Waals surface area contributed by atoms with Crippen molar-refractivity contribution in [3.8, 4) is 5.75 Å². The van der Waals surface area contributed by atoms with Gasteiger partial charge >= 0.3 is 0 Å². The second-order valence-electron chi connectivity index (χ2n) is 6.70. The lowest BCUT2D eigenvalue weighted by Crippen LogP contribution is -2.54. The van der Waals surface area contributed by atoms with Crippen LogP contribution in [0.1, 0.15) is 23.3 Å². The molecule has 7 N–H and O–H groups in total. The Morgan fingerprint density at radius 3 is 2.20 bits per heavy atom. The quantitative estimate of drug-likeness (QED) is 0.336. The monoisotopic (exact) mass is 432 g/mol. The zero-order valence-corrected chi connectivity index (χ0v) is 17.0. The molecule has 0 aliphatic rings. The molecule has 0 saturated carbocycles. The number of carbonyl (C=O) groups is 4. The van der Waals surface area contributed by atoms with Crippen LogP contribution in [0.4, 0.5) is 0 Å². The topological polar surface area (TPSA) is 165 Å². The first kappa shape index (κ1) is 22.9. The molecule has 9 nitrogen and oxygen atoms in total. The second-order valence-corrected chi connectivity index (χ2v) is 7.74. The molecule has 2 aromatic rings. The van der Waals surface area contributed by atoms with Crippen molar-refractivity contribution in [3.05, 3.63) is 52.2 Å². The van der Waals surface area contributed by atoms with Crippen molar-refractivity contribution in [2.24, 2.45) is 11.5 Å². The van der Waals surface area contributed by atoms with E-state index < -0.39 is 35.7 Å². The van der Waals surface area contributed by atoms with Crippen LogP contribution in [0.2, 0.25) is 0 Å². The van der Waals surface area contributed by atoms with E-state index in [9.17, 15) is 24.3 Å². The molecule has 160 valence electrons. The molecule has 1 heterocycles. The third-order valence-corrected chi connectivity index (χ3v) is 5.17. The molecular weight excluding hydrogens is 408 g/mol. The Balaban J connectivity index is 2.09. The Morgan fingerprint density at radius 1 is 0.933 bits per heavy atom. The van der Waals surface area contributed by atoms with Gasteiger partial charge in [0, 0.05) is 30.6 Å². The number of amides is 4. The van der Waals surface area contributed by atoms with Crippen molar-refractivity contribution >= 4 is 35.0 Å². The zero-order valence-electron chi connectivity index (χ0n) is 16.2.